The zero-order valence-electron chi connectivity index (χ0n) is 17.9. The summed E-state index contributed by atoms with van der Waals surface area (Å²) in [5, 5.41) is 1.25. The smallest absolute Gasteiger partial charge is 0.244 e. The summed E-state index contributed by atoms with van der Waals surface area (Å²) in [6, 6.07) is 12.6. The normalized spacial score (nSPS) is 19.4. The minimum atomic E-state index is -3.51. The Hall–Kier alpha value is -2.27. The second-order valence-electron chi connectivity index (χ2n) is 7.96. The van der Waals surface area contributed by atoms with Gasteiger partial charge in [0, 0.05) is 50.9 Å². The zero-order chi connectivity index (χ0) is 22.6. The molecule has 2 aromatic rings. The number of rotatable bonds is 6. The SMILES string of the molecule is O=S(=O)(/C=C/c1ccccc1)N1CCN(c2ccc(S(=O)(=O)N3CCCCC3)cn2)CC1. The van der Waals surface area contributed by atoms with E-state index in [9.17, 15) is 16.8 Å². The third kappa shape index (κ3) is 5.20. The Labute approximate surface area is 190 Å². The number of benzene rings is 1. The van der Waals surface area contributed by atoms with Gasteiger partial charge in [0.2, 0.25) is 20.0 Å². The molecule has 0 radical (unpaired) electrons. The lowest BCUT2D eigenvalue weighted by molar-refractivity contribution is 0.346. The van der Waals surface area contributed by atoms with Crippen molar-refractivity contribution >= 4 is 31.9 Å². The van der Waals surface area contributed by atoms with Crippen LogP contribution in [-0.4, -0.2) is 69.7 Å². The lowest BCUT2D eigenvalue weighted by atomic mass is 10.2. The van der Waals surface area contributed by atoms with Gasteiger partial charge in [-0.2, -0.15) is 8.61 Å². The van der Waals surface area contributed by atoms with Gasteiger partial charge in [0.25, 0.3) is 0 Å². The summed E-state index contributed by atoms with van der Waals surface area (Å²) < 4.78 is 53.8. The summed E-state index contributed by atoms with van der Waals surface area (Å²) in [5.41, 5.74) is 0.832. The second-order valence-corrected chi connectivity index (χ2v) is 11.7. The fourth-order valence-electron chi connectivity index (χ4n) is 3.95. The molecule has 2 aliphatic rings. The third-order valence-electron chi connectivity index (χ3n) is 5.83. The van der Waals surface area contributed by atoms with Gasteiger partial charge in [0.05, 0.1) is 0 Å². The molecular weight excluding hydrogens is 448 g/mol. The van der Waals surface area contributed by atoms with Crippen LogP contribution in [0.2, 0.25) is 0 Å². The summed E-state index contributed by atoms with van der Waals surface area (Å²) >= 11 is 0. The highest BCUT2D eigenvalue weighted by Crippen LogP contribution is 2.22. The average Bonchev–Trinajstić information content (AvgIpc) is 2.84. The molecule has 0 N–H and O–H groups in total. The van der Waals surface area contributed by atoms with E-state index < -0.39 is 20.0 Å². The summed E-state index contributed by atoms with van der Waals surface area (Å²) in [7, 11) is -7.01. The molecular formula is C22H28N4O4S2. The Morgan fingerprint density at radius 3 is 2.06 bits per heavy atom. The second kappa shape index (κ2) is 9.70. The molecule has 0 spiro atoms. The van der Waals surface area contributed by atoms with Crippen LogP contribution in [0.15, 0.2) is 59.0 Å². The fraction of sp³-hybridized carbons (Fsp3) is 0.409. The topological polar surface area (TPSA) is 90.9 Å². The summed E-state index contributed by atoms with van der Waals surface area (Å²) in [6.07, 6.45) is 5.85. The van der Waals surface area contributed by atoms with Crippen LogP contribution in [0.4, 0.5) is 5.82 Å². The van der Waals surface area contributed by atoms with Crippen LogP contribution in [0.5, 0.6) is 0 Å². The molecule has 172 valence electrons. The van der Waals surface area contributed by atoms with Crippen LogP contribution in [0, 0.1) is 0 Å². The number of pyridine rings is 1. The molecule has 0 atom stereocenters. The lowest BCUT2D eigenvalue weighted by Crippen LogP contribution is -2.48. The average molecular weight is 477 g/mol. The first-order valence-electron chi connectivity index (χ1n) is 10.8. The van der Waals surface area contributed by atoms with Gasteiger partial charge in [-0.25, -0.2) is 21.8 Å². The molecule has 3 heterocycles. The molecule has 2 aliphatic heterocycles. The van der Waals surface area contributed by atoms with Gasteiger partial charge in [0.15, 0.2) is 0 Å². The van der Waals surface area contributed by atoms with Gasteiger partial charge in [-0.05, 0) is 36.6 Å². The van der Waals surface area contributed by atoms with Crippen LogP contribution in [0.25, 0.3) is 6.08 Å². The van der Waals surface area contributed by atoms with Crippen molar-refractivity contribution in [2.24, 2.45) is 0 Å². The van der Waals surface area contributed by atoms with E-state index in [4.69, 9.17) is 0 Å². The van der Waals surface area contributed by atoms with Gasteiger partial charge in [-0.15, -0.1) is 0 Å². The molecule has 0 amide bonds. The number of piperazine rings is 1. The Morgan fingerprint density at radius 2 is 1.44 bits per heavy atom. The van der Waals surface area contributed by atoms with Crippen molar-refractivity contribution in [2.75, 3.05) is 44.2 Å². The van der Waals surface area contributed by atoms with Crippen molar-refractivity contribution in [3.8, 4) is 0 Å². The molecule has 1 aromatic heterocycles. The van der Waals surface area contributed by atoms with Gasteiger partial charge >= 0.3 is 0 Å². The maximum absolute atomic E-state index is 12.8. The van der Waals surface area contributed by atoms with Crippen LogP contribution in [0.3, 0.4) is 0 Å². The number of nitrogens with zero attached hydrogens (tertiary/aromatic N) is 4. The molecule has 1 aromatic carbocycles. The molecule has 2 fully saturated rings. The Bertz CT molecular complexity index is 1140. The first-order valence-corrected chi connectivity index (χ1v) is 13.7. The summed E-state index contributed by atoms with van der Waals surface area (Å²) in [6.45, 7) is 2.78. The minimum absolute atomic E-state index is 0.204. The molecule has 2 saturated heterocycles. The van der Waals surface area contributed by atoms with E-state index >= 15 is 0 Å². The van der Waals surface area contributed by atoms with Crippen LogP contribution >= 0.6 is 0 Å². The highest BCUT2D eigenvalue weighted by Gasteiger charge is 2.28. The van der Waals surface area contributed by atoms with E-state index in [1.807, 2.05) is 35.2 Å². The molecule has 8 nitrogen and oxygen atoms in total. The molecule has 0 saturated carbocycles. The quantitative estimate of drug-likeness (QED) is 0.636. The fourth-order valence-corrected chi connectivity index (χ4v) is 6.59. The van der Waals surface area contributed by atoms with E-state index in [-0.39, 0.29) is 4.90 Å². The number of sulfonamides is 2. The van der Waals surface area contributed by atoms with Gasteiger partial charge in [-0.1, -0.05) is 36.8 Å². The molecule has 32 heavy (non-hydrogen) atoms. The molecule has 4 rings (SSSR count). The van der Waals surface area contributed by atoms with Crippen molar-refractivity contribution < 1.29 is 16.8 Å². The van der Waals surface area contributed by atoms with Crippen molar-refractivity contribution in [3.05, 3.63) is 59.6 Å². The Balaban J connectivity index is 1.37. The third-order valence-corrected chi connectivity index (χ3v) is 9.28. The number of anilines is 1. The number of piperidine rings is 1. The maximum Gasteiger partial charge on any atom is 0.244 e. The van der Waals surface area contributed by atoms with Gasteiger partial charge < -0.3 is 4.90 Å². The van der Waals surface area contributed by atoms with Crippen molar-refractivity contribution in [3.63, 3.8) is 0 Å². The van der Waals surface area contributed by atoms with E-state index in [0.717, 1.165) is 24.8 Å². The van der Waals surface area contributed by atoms with E-state index in [0.29, 0.717) is 45.1 Å². The Kier molecular flexibility index (Phi) is 6.94. The lowest BCUT2D eigenvalue weighted by Gasteiger charge is -2.34. The largest absolute Gasteiger partial charge is 0.354 e. The van der Waals surface area contributed by atoms with Crippen LogP contribution in [-0.2, 0) is 20.0 Å². The number of aromatic nitrogens is 1. The van der Waals surface area contributed by atoms with Crippen molar-refractivity contribution in [1.29, 1.82) is 0 Å². The molecule has 0 bridgehead atoms. The Morgan fingerprint density at radius 1 is 0.750 bits per heavy atom. The van der Waals surface area contributed by atoms with E-state index in [2.05, 4.69) is 4.98 Å². The van der Waals surface area contributed by atoms with Crippen molar-refractivity contribution in [1.82, 2.24) is 13.6 Å². The first-order chi connectivity index (χ1) is 15.4. The summed E-state index contributed by atoms with van der Waals surface area (Å²) in [4.78, 5) is 6.55. The minimum Gasteiger partial charge on any atom is -0.354 e. The van der Waals surface area contributed by atoms with E-state index in [1.165, 1.54) is 20.2 Å². The number of hydrogen-bond donors (Lipinski definition) is 0. The maximum atomic E-state index is 12.8. The standard InChI is InChI=1S/C22H28N4O4S2/c27-31(28,18-11-20-7-3-1-4-8-20)25-16-14-24(15-17-25)22-10-9-21(19-23-22)32(29,30)26-12-5-2-6-13-26/h1,3-4,7-11,18-19H,2,5-6,12-17H2/b18-11+. The van der Waals surface area contributed by atoms with Gasteiger partial charge in [-0.3, -0.25) is 0 Å². The monoisotopic (exact) mass is 476 g/mol. The predicted molar refractivity (Wildman–Crippen MR) is 125 cm³/mol. The first kappa shape index (κ1) is 22.9. The van der Waals surface area contributed by atoms with Crippen molar-refractivity contribution in [2.45, 2.75) is 24.2 Å². The van der Waals surface area contributed by atoms with Gasteiger partial charge in [0.1, 0.15) is 10.7 Å². The summed E-state index contributed by atoms with van der Waals surface area (Å²) in [5.74, 6) is 0.652. The van der Waals surface area contributed by atoms with Crippen LogP contribution in [0.1, 0.15) is 24.8 Å². The predicted octanol–water partition coefficient (Wildman–Crippen LogP) is 2.38. The van der Waals surface area contributed by atoms with Crippen LogP contribution < -0.4 is 4.90 Å². The highest BCUT2D eigenvalue weighted by molar-refractivity contribution is 7.92. The number of hydrogen-bond acceptors (Lipinski definition) is 6. The van der Waals surface area contributed by atoms with E-state index in [1.54, 1.807) is 18.2 Å². The zero-order valence-corrected chi connectivity index (χ0v) is 19.5. The molecule has 10 heteroatoms. The molecule has 0 unspecified atom stereocenters. The molecule has 0 aliphatic carbocycles. The highest BCUT2D eigenvalue weighted by atomic mass is 32.2.